The molecule has 0 saturated carbocycles. The Labute approximate surface area is 210 Å². The number of benzene rings is 2. The summed E-state index contributed by atoms with van der Waals surface area (Å²) in [6, 6.07) is 14.9. The second-order valence-electron chi connectivity index (χ2n) is 8.74. The van der Waals surface area contributed by atoms with Crippen molar-refractivity contribution in [3.8, 4) is 33.9 Å². The lowest BCUT2D eigenvalue weighted by Gasteiger charge is -2.18. The van der Waals surface area contributed by atoms with E-state index in [0.29, 0.717) is 42.0 Å². The van der Waals surface area contributed by atoms with Gasteiger partial charge in [-0.15, -0.1) is 0 Å². The quantitative estimate of drug-likeness (QED) is 0.328. The Kier molecular flexibility index (Phi) is 6.32. The zero-order chi connectivity index (χ0) is 26.2. The number of aromatic nitrogens is 2. The van der Waals surface area contributed by atoms with Crippen molar-refractivity contribution in [2.45, 2.75) is 25.9 Å². The molecule has 37 heavy (non-hydrogen) atoms. The van der Waals surface area contributed by atoms with Crippen molar-refractivity contribution in [1.82, 2.24) is 9.97 Å². The first-order valence-corrected chi connectivity index (χ1v) is 11.5. The third-order valence-corrected chi connectivity index (χ3v) is 5.81. The largest absolute Gasteiger partial charge is 0.486 e. The van der Waals surface area contributed by atoms with Crippen molar-refractivity contribution < 1.29 is 31.9 Å². The molecular formula is C27H22F3N3O4. The van der Waals surface area contributed by atoms with Crippen LogP contribution in [-0.4, -0.2) is 29.1 Å². The van der Waals surface area contributed by atoms with Crippen LogP contribution in [0.25, 0.3) is 22.5 Å². The van der Waals surface area contributed by atoms with Crippen LogP contribution in [0.1, 0.15) is 41.7 Å². The smallest absolute Gasteiger partial charge is 0.451 e. The van der Waals surface area contributed by atoms with Crippen molar-refractivity contribution in [3.63, 3.8) is 0 Å². The maximum Gasteiger partial charge on any atom is 0.451 e. The highest BCUT2D eigenvalue weighted by Crippen LogP contribution is 2.40. The first kappa shape index (κ1) is 24.4. The van der Waals surface area contributed by atoms with Crippen LogP contribution in [-0.2, 0) is 6.18 Å². The van der Waals surface area contributed by atoms with E-state index in [4.69, 9.17) is 13.9 Å². The molecule has 1 aliphatic heterocycles. The van der Waals surface area contributed by atoms with E-state index in [9.17, 15) is 18.0 Å². The van der Waals surface area contributed by atoms with Crippen LogP contribution in [0.2, 0.25) is 0 Å². The van der Waals surface area contributed by atoms with Crippen molar-refractivity contribution in [2.24, 2.45) is 0 Å². The van der Waals surface area contributed by atoms with Crippen molar-refractivity contribution in [3.05, 3.63) is 78.1 Å². The summed E-state index contributed by atoms with van der Waals surface area (Å²) in [6.07, 6.45) is -2.89. The molecule has 1 aliphatic rings. The topological polar surface area (TPSA) is 86.5 Å². The summed E-state index contributed by atoms with van der Waals surface area (Å²) in [7, 11) is 0. The van der Waals surface area contributed by atoms with Gasteiger partial charge in [-0.1, -0.05) is 44.2 Å². The van der Waals surface area contributed by atoms with Gasteiger partial charge in [-0.2, -0.15) is 13.2 Å². The molecule has 1 amide bonds. The highest BCUT2D eigenvalue weighted by Gasteiger charge is 2.34. The normalized spacial score (nSPS) is 13.0. The van der Waals surface area contributed by atoms with Gasteiger partial charge in [-0.25, -0.2) is 9.97 Å². The van der Waals surface area contributed by atoms with Crippen LogP contribution in [0.3, 0.4) is 0 Å². The van der Waals surface area contributed by atoms with Crippen LogP contribution >= 0.6 is 0 Å². The Morgan fingerprint density at radius 2 is 1.57 bits per heavy atom. The van der Waals surface area contributed by atoms with Crippen LogP contribution in [0, 0.1) is 0 Å². The molecule has 2 aromatic carbocycles. The van der Waals surface area contributed by atoms with Gasteiger partial charge < -0.3 is 19.2 Å². The van der Waals surface area contributed by atoms with Gasteiger partial charge in [0.1, 0.15) is 19.0 Å². The molecule has 4 aromatic rings. The van der Waals surface area contributed by atoms with Crippen LogP contribution in [0.4, 0.5) is 18.9 Å². The fraction of sp³-hybridized carbons (Fsp3) is 0.222. The zero-order valence-corrected chi connectivity index (χ0v) is 19.9. The van der Waals surface area contributed by atoms with Crippen molar-refractivity contribution in [2.75, 3.05) is 18.5 Å². The Morgan fingerprint density at radius 3 is 2.22 bits per heavy atom. The van der Waals surface area contributed by atoms with Crippen molar-refractivity contribution >= 4 is 11.6 Å². The van der Waals surface area contributed by atoms with Gasteiger partial charge in [0, 0.05) is 11.1 Å². The van der Waals surface area contributed by atoms with Crippen LogP contribution in [0.5, 0.6) is 11.5 Å². The fourth-order valence-corrected chi connectivity index (χ4v) is 3.89. The first-order chi connectivity index (χ1) is 17.7. The lowest BCUT2D eigenvalue weighted by Crippen LogP contribution is -2.15. The number of carbonyl (C=O) groups is 1. The number of furan rings is 1. The number of anilines is 1. The maximum absolute atomic E-state index is 13.0. The number of fused-ring (bicyclic) bond motifs is 1. The summed E-state index contributed by atoms with van der Waals surface area (Å²) < 4.78 is 55.6. The van der Waals surface area contributed by atoms with Crippen molar-refractivity contribution in [1.29, 1.82) is 0 Å². The SMILES string of the molecule is CC(C)c1ccc(-c2oc(C(=O)Nc3cnc(C(F)(F)F)nc3)cc2-c2ccc3c(c2)OCCO3)cc1. The molecule has 1 N–H and O–H groups in total. The van der Waals surface area contributed by atoms with Crippen LogP contribution < -0.4 is 14.8 Å². The number of hydrogen-bond acceptors (Lipinski definition) is 6. The molecule has 0 atom stereocenters. The standard InChI is InChI=1S/C27H22F3N3O4/c1-15(2)16-3-5-17(6-4-16)24-20(18-7-8-21-22(11-18)36-10-9-35-21)12-23(37-24)25(34)33-19-13-31-26(32-14-19)27(28,29)30/h3-8,11-15H,9-10H2,1-2H3,(H,33,34). The summed E-state index contributed by atoms with van der Waals surface area (Å²) in [5.74, 6) is 0.0213. The molecule has 0 bridgehead atoms. The monoisotopic (exact) mass is 509 g/mol. The molecule has 7 nitrogen and oxygen atoms in total. The minimum atomic E-state index is -4.68. The highest BCUT2D eigenvalue weighted by molar-refractivity contribution is 6.04. The number of carbonyl (C=O) groups excluding carboxylic acids is 1. The number of hydrogen-bond donors (Lipinski definition) is 1. The van der Waals surface area contributed by atoms with Gasteiger partial charge in [-0.3, -0.25) is 4.79 Å². The average molecular weight is 509 g/mol. The molecule has 0 radical (unpaired) electrons. The minimum Gasteiger partial charge on any atom is -0.486 e. The lowest BCUT2D eigenvalue weighted by molar-refractivity contribution is -0.144. The molecule has 0 spiro atoms. The van der Waals surface area contributed by atoms with Gasteiger partial charge in [0.05, 0.1) is 18.1 Å². The number of rotatable bonds is 5. The van der Waals surface area contributed by atoms with E-state index in [0.717, 1.165) is 29.1 Å². The molecule has 0 fully saturated rings. The first-order valence-electron chi connectivity index (χ1n) is 11.5. The van der Waals surface area contributed by atoms with E-state index in [1.54, 1.807) is 12.1 Å². The Balaban J connectivity index is 1.50. The van der Waals surface area contributed by atoms with E-state index in [1.807, 2.05) is 36.4 Å². The molecule has 10 heteroatoms. The number of ether oxygens (including phenoxy) is 2. The second kappa shape index (κ2) is 9.61. The summed E-state index contributed by atoms with van der Waals surface area (Å²) in [6.45, 7) is 5.07. The van der Waals surface area contributed by atoms with Crippen LogP contribution in [0.15, 0.2) is 65.3 Å². The summed E-state index contributed by atoms with van der Waals surface area (Å²) >= 11 is 0. The van der Waals surface area contributed by atoms with E-state index >= 15 is 0 Å². The number of nitrogens with one attached hydrogen (secondary N) is 1. The number of alkyl halides is 3. The molecule has 190 valence electrons. The third-order valence-electron chi connectivity index (χ3n) is 5.81. The predicted molar refractivity (Wildman–Crippen MR) is 130 cm³/mol. The van der Waals surface area contributed by atoms with E-state index < -0.39 is 17.9 Å². The lowest BCUT2D eigenvalue weighted by atomic mass is 9.98. The molecule has 3 heterocycles. The second-order valence-corrected chi connectivity index (χ2v) is 8.74. The summed E-state index contributed by atoms with van der Waals surface area (Å²) in [4.78, 5) is 19.5. The van der Waals surface area contributed by atoms with E-state index in [1.165, 1.54) is 0 Å². The number of halogens is 3. The Morgan fingerprint density at radius 1 is 0.919 bits per heavy atom. The average Bonchev–Trinajstić information content (AvgIpc) is 3.34. The molecule has 2 aromatic heterocycles. The van der Waals surface area contributed by atoms with Gasteiger partial charge >= 0.3 is 6.18 Å². The molecule has 0 saturated heterocycles. The molecular weight excluding hydrogens is 487 g/mol. The van der Waals surface area contributed by atoms with Gasteiger partial charge in [0.15, 0.2) is 17.3 Å². The fourth-order valence-electron chi connectivity index (χ4n) is 3.89. The Hall–Kier alpha value is -4.34. The van der Waals surface area contributed by atoms with Gasteiger partial charge in [0.2, 0.25) is 5.82 Å². The van der Waals surface area contributed by atoms with Gasteiger partial charge in [-0.05, 0) is 35.2 Å². The predicted octanol–water partition coefficient (Wildman–Crippen LogP) is 6.57. The third kappa shape index (κ3) is 5.13. The summed E-state index contributed by atoms with van der Waals surface area (Å²) in [5, 5.41) is 2.48. The number of amides is 1. The van der Waals surface area contributed by atoms with Gasteiger partial charge in [0.25, 0.3) is 5.91 Å². The minimum absolute atomic E-state index is 0.00174. The van der Waals surface area contributed by atoms with E-state index in [-0.39, 0.29) is 11.4 Å². The summed E-state index contributed by atoms with van der Waals surface area (Å²) in [5.41, 5.74) is 3.29. The maximum atomic E-state index is 13.0. The zero-order valence-electron chi connectivity index (χ0n) is 19.9. The highest BCUT2D eigenvalue weighted by atomic mass is 19.4. The van der Waals surface area contributed by atoms with E-state index in [2.05, 4.69) is 29.1 Å². The molecule has 5 rings (SSSR count). The molecule has 0 unspecified atom stereocenters. The number of nitrogens with zero attached hydrogens (tertiary/aromatic N) is 2. The molecule has 0 aliphatic carbocycles. The Bertz CT molecular complexity index is 1430.